The van der Waals surface area contributed by atoms with Crippen molar-refractivity contribution in [2.45, 2.75) is 56.1 Å². The molecular weight excluding hydrogens is 628 g/mol. The van der Waals surface area contributed by atoms with Crippen LogP contribution in [0.15, 0.2) is 59.5 Å². The summed E-state index contributed by atoms with van der Waals surface area (Å²) in [6, 6.07) is 16.6. The first-order chi connectivity index (χ1) is 21.8. The second-order valence-corrected chi connectivity index (χ2v) is 14.3. The molecule has 1 aromatic heterocycles. The van der Waals surface area contributed by atoms with Gasteiger partial charge in [-0.15, -0.1) is 12.4 Å². The molecule has 0 unspecified atom stereocenters. The van der Waals surface area contributed by atoms with E-state index in [0.29, 0.717) is 38.0 Å². The third-order valence-electron chi connectivity index (χ3n) is 9.37. The maximum absolute atomic E-state index is 12.4. The second-order valence-electron chi connectivity index (χ2n) is 12.2. The largest absolute Gasteiger partial charge is 0.491 e. The Morgan fingerprint density at radius 1 is 0.957 bits per heavy atom. The molecule has 0 atom stereocenters. The van der Waals surface area contributed by atoms with E-state index >= 15 is 0 Å². The first-order valence-electron chi connectivity index (χ1n) is 15.7. The van der Waals surface area contributed by atoms with Crippen LogP contribution >= 0.6 is 12.4 Å². The summed E-state index contributed by atoms with van der Waals surface area (Å²) in [5.41, 5.74) is 6.32. The van der Waals surface area contributed by atoms with E-state index in [9.17, 15) is 18.3 Å². The highest BCUT2D eigenvalue weighted by Crippen LogP contribution is 2.48. The Balaban J connectivity index is 0.00000372. The summed E-state index contributed by atoms with van der Waals surface area (Å²) in [5.74, 6) is 0.819. The molecule has 7 rings (SSSR count). The van der Waals surface area contributed by atoms with Gasteiger partial charge in [-0.3, -0.25) is 0 Å². The van der Waals surface area contributed by atoms with Crippen molar-refractivity contribution < 1.29 is 32.5 Å². The number of hydrogen-bond acceptors (Lipinski definition) is 7. The summed E-state index contributed by atoms with van der Waals surface area (Å²) in [5, 5.41) is 10.9. The van der Waals surface area contributed by atoms with Crippen molar-refractivity contribution in [3.8, 4) is 22.8 Å². The fourth-order valence-corrected chi connectivity index (χ4v) is 7.84. The van der Waals surface area contributed by atoms with Gasteiger partial charge >= 0.3 is 5.97 Å². The number of aromatic carboxylic acids is 1. The SMILES string of the molecule is CS(=O)(=O)c1ccc(N2CCOCC2)c(COc2ccc3c(c2)OCCn2c-3c(C3CCCCC3)c3ccc(C(=O)O)cc32)c1.Cl. The standard InChI is InChI=1S/C35H38N2O7S.ClH/c1-45(40,41)27-9-12-30(36-13-16-42-17-14-36)25(19-27)22-44-26-8-11-29-32(21-26)43-18-15-37-31-20-24(35(38)39)7-10-28(31)33(34(29)37)23-5-3-2-4-6-23;/h7-12,19-21,23H,2-6,13-18,22H2,1H3,(H,38,39);1H. The minimum atomic E-state index is -3.39. The number of halogens is 1. The molecule has 11 heteroatoms. The van der Waals surface area contributed by atoms with Crippen LogP contribution in [0.25, 0.3) is 22.2 Å². The van der Waals surface area contributed by atoms with Gasteiger partial charge in [-0.05, 0) is 66.8 Å². The van der Waals surface area contributed by atoms with Crippen LogP contribution in [0.4, 0.5) is 5.69 Å². The number of carbonyl (C=O) groups is 1. The van der Waals surface area contributed by atoms with Gasteiger partial charge in [0.05, 0.1) is 35.9 Å². The number of rotatable bonds is 7. The molecule has 1 saturated heterocycles. The summed E-state index contributed by atoms with van der Waals surface area (Å²) in [4.78, 5) is 14.3. The molecule has 3 aromatic carbocycles. The lowest BCUT2D eigenvalue weighted by Crippen LogP contribution is -2.36. The average molecular weight is 667 g/mol. The van der Waals surface area contributed by atoms with Gasteiger partial charge in [0, 0.05) is 53.1 Å². The third kappa shape index (κ3) is 6.18. The Labute approximate surface area is 275 Å². The van der Waals surface area contributed by atoms with Crippen LogP contribution in [0.1, 0.15) is 59.5 Å². The zero-order chi connectivity index (χ0) is 31.1. The monoisotopic (exact) mass is 666 g/mol. The van der Waals surface area contributed by atoms with Crippen molar-refractivity contribution in [3.05, 3.63) is 71.3 Å². The van der Waals surface area contributed by atoms with E-state index in [1.54, 1.807) is 24.3 Å². The molecule has 2 aliphatic heterocycles. The summed E-state index contributed by atoms with van der Waals surface area (Å²) >= 11 is 0. The Hall–Kier alpha value is -3.73. The number of morpholine rings is 1. The van der Waals surface area contributed by atoms with Gasteiger partial charge in [0.2, 0.25) is 0 Å². The van der Waals surface area contributed by atoms with Gasteiger partial charge in [-0.2, -0.15) is 0 Å². The van der Waals surface area contributed by atoms with Gasteiger partial charge in [0.15, 0.2) is 9.84 Å². The molecule has 0 radical (unpaired) electrons. The Kier molecular flexibility index (Phi) is 9.23. The van der Waals surface area contributed by atoms with E-state index in [1.165, 1.54) is 31.1 Å². The maximum atomic E-state index is 12.4. The van der Waals surface area contributed by atoms with Crippen LogP contribution in [0.3, 0.4) is 0 Å². The number of carboxylic acids is 1. The summed E-state index contributed by atoms with van der Waals surface area (Å²) in [6.45, 7) is 3.92. The fraction of sp³-hybridized carbons (Fsp3) is 0.400. The van der Waals surface area contributed by atoms with Crippen LogP contribution in [0.2, 0.25) is 0 Å². The van der Waals surface area contributed by atoms with Crippen LogP contribution in [-0.4, -0.2) is 63.2 Å². The minimum Gasteiger partial charge on any atom is -0.491 e. The number of fused-ring (bicyclic) bond motifs is 5. The van der Waals surface area contributed by atoms with Crippen LogP contribution in [0.5, 0.6) is 11.5 Å². The molecule has 1 N–H and O–H groups in total. The fourth-order valence-electron chi connectivity index (χ4n) is 7.17. The molecule has 3 heterocycles. The molecule has 244 valence electrons. The second kappa shape index (κ2) is 13.2. The topological polar surface area (TPSA) is 107 Å². The average Bonchev–Trinajstić information content (AvgIpc) is 3.25. The van der Waals surface area contributed by atoms with Gasteiger partial charge < -0.3 is 28.8 Å². The van der Waals surface area contributed by atoms with Crippen molar-refractivity contribution in [3.63, 3.8) is 0 Å². The zero-order valence-electron chi connectivity index (χ0n) is 25.9. The normalized spacial score (nSPS) is 16.9. The van der Waals surface area contributed by atoms with Crippen molar-refractivity contribution in [2.75, 3.05) is 44.1 Å². The Bertz CT molecular complexity index is 1880. The minimum absolute atomic E-state index is 0. The maximum Gasteiger partial charge on any atom is 0.335 e. The van der Waals surface area contributed by atoms with E-state index in [-0.39, 0.29) is 29.5 Å². The molecule has 0 bridgehead atoms. The van der Waals surface area contributed by atoms with E-state index < -0.39 is 15.8 Å². The number of aromatic nitrogens is 1. The lowest BCUT2D eigenvalue weighted by molar-refractivity contribution is 0.0697. The van der Waals surface area contributed by atoms with Gasteiger partial charge in [0.25, 0.3) is 0 Å². The summed E-state index contributed by atoms with van der Waals surface area (Å²) in [6.07, 6.45) is 7.06. The van der Waals surface area contributed by atoms with Gasteiger partial charge in [-0.25, -0.2) is 13.2 Å². The summed E-state index contributed by atoms with van der Waals surface area (Å²) < 4.78 is 45.2. The number of benzene rings is 3. The highest BCUT2D eigenvalue weighted by Gasteiger charge is 2.30. The number of carboxylic acid groups (broad SMARTS) is 1. The summed E-state index contributed by atoms with van der Waals surface area (Å²) in [7, 11) is -3.39. The number of nitrogens with zero attached hydrogens (tertiary/aromatic N) is 2. The number of hydrogen-bond donors (Lipinski definition) is 1. The van der Waals surface area contributed by atoms with Gasteiger partial charge in [-0.1, -0.05) is 25.3 Å². The number of ether oxygens (including phenoxy) is 3. The zero-order valence-corrected chi connectivity index (χ0v) is 27.5. The van der Waals surface area contributed by atoms with Crippen molar-refractivity contribution in [2.24, 2.45) is 0 Å². The Morgan fingerprint density at radius 3 is 2.48 bits per heavy atom. The third-order valence-corrected chi connectivity index (χ3v) is 10.5. The predicted octanol–water partition coefficient (Wildman–Crippen LogP) is 6.69. The molecular formula is C35H39ClN2O7S. The van der Waals surface area contributed by atoms with Crippen molar-refractivity contribution >= 4 is 44.8 Å². The smallest absolute Gasteiger partial charge is 0.335 e. The first kappa shape index (κ1) is 32.2. The molecule has 4 aromatic rings. The molecule has 2 fully saturated rings. The lowest BCUT2D eigenvalue weighted by atomic mass is 9.81. The Morgan fingerprint density at radius 2 is 1.74 bits per heavy atom. The molecule has 46 heavy (non-hydrogen) atoms. The van der Waals surface area contributed by atoms with E-state index in [4.69, 9.17) is 14.2 Å². The molecule has 0 spiro atoms. The molecule has 1 aliphatic carbocycles. The van der Waals surface area contributed by atoms with Crippen LogP contribution in [-0.2, 0) is 27.7 Å². The van der Waals surface area contributed by atoms with Crippen molar-refractivity contribution in [1.82, 2.24) is 4.57 Å². The highest BCUT2D eigenvalue weighted by molar-refractivity contribution is 7.90. The molecule has 9 nitrogen and oxygen atoms in total. The first-order valence-corrected chi connectivity index (χ1v) is 17.6. The quantitative estimate of drug-likeness (QED) is 0.233. The van der Waals surface area contributed by atoms with Crippen LogP contribution < -0.4 is 14.4 Å². The number of anilines is 1. The highest BCUT2D eigenvalue weighted by atomic mass is 35.5. The van der Waals surface area contributed by atoms with Crippen LogP contribution in [0, 0.1) is 0 Å². The molecule has 0 amide bonds. The van der Waals surface area contributed by atoms with E-state index in [1.807, 2.05) is 30.3 Å². The molecule has 1 saturated carbocycles. The predicted molar refractivity (Wildman–Crippen MR) is 180 cm³/mol. The number of sulfone groups is 1. The lowest BCUT2D eigenvalue weighted by Gasteiger charge is -2.30. The van der Waals surface area contributed by atoms with Gasteiger partial charge in [0.1, 0.15) is 24.7 Å². The van der Waals surface area contributed by atoms with Crippen molar-refractivity contribution in [1.29, 1.82) is 0 Å². The van der Waals surface area contributed by atoms with E-state index in [2.05, 4.69) is 9.47 Å². The van der Waals surface area contributed by atoms with E-state index in [0.717, 1.165) is 65.1 Å². The molecule has 3 aliphatic rings.